The van der Waals surface area contributed by atoms with Gasteiger partial charge in [0.25, 0.3) is 0 Å². The second-order valence-corrected chi connectivity index (χ2v) is 9.37. The van der Waals surface area contributed by atoms with Crippen LogP contribution in [0.1, 0.15) is 44.9 Å². The average Bonchev–Trinajstić information content (AvgIpc) is 2.97. The number of aryl methyl sites for hydroxylation is 1. The SMILES string of the molecule is Cc1ccc2c(c1)[C@H](S(C)(=O)=O)[C@@H](c1ccccc1)[C@@H]2c1ccccc1. The van der Waals surface area contributed by atoms with Crippen LogP contribution in [-0.4, -0.2) is 14.7 Å². The summed E-state index contributed by atoms with van der Waals surface area (Å²) in [6.07, 6.45) is 1.37. The second-order valence-electron chi connectivity index (χ2n) is 7.21. The van der Waals surface area contributed by atoms with Gasteiger partial charge in [0, 0.05) is 18.1 Å². The quantitative estimate of drug-likeness (QED) is 0.656. The van der Waals surface area contributed by atoms with E-state index >= 15 is 0 Å². The van der Waals surface area contributed by atoms with Crippen molar-refractivity contribution in [2.24, 2.45) is 0 Å². The van der Waals surface area contributed by atoms with Crippen molar-refractivity contribution >= 4 is 9.84 Å². The summed E-state index contributed by atoms with van der Waals surface area (Å²) in [6, 6.07) is 26.6. The Morgan fingerprint density at radius 1 is 0.731 bits per heavy atom. The zero-order chi connectivity index (χ0) is 18.3. The maximum atomic E-state index is 12.9. The van der Waals surface area contributed by atoms with E-state index in [1.807, 2.05) is 43.3 Å². The van der Waals surface area contributed by atoms with Gasteiger partial charge in [-0.15, -0.1) is 0 Å². The largest absolute Gasteiger partial charge is 0.228 e. The van der Waals surface area contributed by atoms with E-state index in [2.05, 4.69) is 42.5 Å². The molecule has 0 radical (unpaired) electrons. The number of hydrogen-bond acceptors (Lipinski definition) is 2. The van der Waals surface area contributed by atoms with Crippen molar-refractivity contribution in [3.8, 4) is 0 Å². The van der Waals surface area contributed by atoms with Gasteiger partial charge in [-0.05, 0) is 29.2 Å². The highest BCUT2D eigenvalue weighted by molar-refractivity contribution is 7.91. The molecule has 0 N–H and O–H groups in total. The summed E-state index contributed by atoms with van der Waals surface area (Å²) in [5, 5.41) is -0.523. The molecule has 3 aromatic rings. The molecule has 0 fully saturated rings. The molecule has 0 amide bonds. The predicted octanol–water partition coefficient (Wildman–Crippen LogP) is 5.01. The van der Waals surface area contributed by atoms with Gasteiger partial charge in [0.2, 0.25) is 0 Å². The molecule has 2 nitrogen and oxygen atoms in total. The van der Waals surface area contributed by atoms with Crippen LogP contribution in [0.25, 0.3) is 0 Å². The molecule has 26 heavy (non-hydrogen) atoms. The third kappa shape index (κ3) is 2.86. The summed E-state index contributed by atoms with van der Waals surface area (Å²) >= 11 is 0. The fourth-order valence-electron chi connectivity index (χ4n) is 4.37. The molecule has 132 valence electrons. The van der Waals surface area contributed by atoms with Crippen molar-refractivity contribution in [3.05, 3.63) is 107 Å². The minimum absolute atomic E-state index is 0.0360. The molecule has 1 aliphatic carbocycles. The lowest BCUT2D eigenvalue weighted by Crippen LogP contribution is -2.18. The van der Waals surface area contributed by atoms with Crippen LogP contribution in [0.2, 0.25) is 0 Å². The standard InChI is InChI=1S/C23H22O2S/c1-16-13-14-19-20(15-16)23(26(2,24)25)22(18-11-7-4-8-12-18)21(19)17-9-5-3-6-10-17/h3-15,21-23H,1-2H3/t21-,22+,23+/m1/s1. The lowest BCUT2D eigenvalue weighted by atomic mass is 9.81. The van der Waals surface area contributed by atoms with Crippen molar-refractivity contribution in [2.45, 2.75) is 24.0 Å². The van der Waals surface area contributed by atoms with Crippen molar-refractivity contribution in [2.75, 3.05) is 6.26 Å². The van der Waals surface area contributed by atoms with Crippen LogP contribution < -0.4 is 0 Å². The molecule has 0 saturated heterocycles. The number of sulfone groups is 1. The van der Waals surface area contributed by atoms with Gasteiger partial charge in [0.05, 0.1) is 5.25 Å². The van der Waals surface area contributed by atoms with Crippen LogP contribution in [0, 0.1) is 6.92 Å². The third-order valence-corrected chi connectivity index (χ3v) is 6.84. The van der Waals surface area contributed by atoms with Gasteiger partial charge in [-0.2, -0.15) is 0 Å². The van der Waals surface area contributed by atoms with Crippen LogP contribution in [0.4, 0.5) is 0 Å². The lowest BCUT2D eigenvalue weighted by molar-refractivity contribution is 0.561. The topological polar surface area (TPSA) is 34.1 Å². The first-order valence-corrected chi connectivity index (χ1v) is 10.8. The second kappa shape index (κ2) is 6.40. The molecule has 0 saturated carbocycles. The fourth-order valence-corrected chi connectivity index (χ4v) is 5.88. The minimum Gasteiger partial charge on any atom is -0.228 e. The Morgan fingerprint density at radius 3 is 1.88 bits per heavy atom. The van der Waals surface area contributed by atoms with Crippen molar-refractivity contribution in [1.82, 2.24) is 0 Å². The molecule has 3 heteroatoms. The summed E-state index contributed by atoms with van der Waals surface area (Å²) < 4.78 is 25.7. The molecule has 0 aromatic heterocycles. The smallest absolute Gasteiger partial charge is 0.155 e. The minimum atomic E-state index is -3.27. The van der Waals surface area contributed by atoms with E-state index in [1.165, 1.54) is 6.26 Å². The number of rotatable bonds is 3. The monoisotopic (exact) mass is 362 g/mol. The van der Waals surface area contributed by atoms with Gasteiger partial charge < -0.3 is 0 Å². The molecule has 0 unspecified atom stereocenters. The van der Waals surface area contributed by atoms with Crippen LogP contribution in [0.15, 0.2) is 78.9 Å². The summed E-state index contributed by atoms with van der Waals surface area (Å²) in [5.74, 6) is -0.0840. The Hall–Kier alpha value is -2.39. The van der Waals surface area contributed by atoms with Gasteiger partial charge in [-0.1, -0.05) is 84.4 Å². The van der Waals surface area contributed by atoms with E-state index in [1.54, 1.807) is 0 Å². The number of hydrogen-bond donors (Lipinski definition) is 0. The summed E-state index contributed by atoms with van der Waals surface area (Å²) in [7, 11) is -3.27. The number of fused-ring (bicyclic) bond motifs is 1. The van der Waals surface area contributed by atoms with E-state index < -0.39 is 15.1 Å². The van der Waals surface area contributed by atoms with Gasteiger partial charge in [0.15, 0.2) is 9.84 Å². The Balaban J connectivity index is 2.02. The Morgan fingerprint density at radius 2 is 1.31 bits per heavy atom. The zero-order valence-electron chi connectivity index (χ0n) is 15.0. The van der Waals surface area contributed by atoms with Crippen molar-refractivity contribution < 1.29 is 8.42 Å². The molecule has 0 heterocycles. The fraction of sp³-hybridized carbons (Fsp3) is 0.217. The first-order chi connectivity index (χ1) is 12.5. The highest BCUT2D eigenvalue weighted by Gasteiger charge is 2.46. The van der Waals surface area contributed by atoms with Crippen LogP contribution in [-0.2, 0) is 9.84 Å². The number of benzene rings is 3. The van der Waals surface area contributed by atoms with Gasteiger partial charge in [0.1, 0.15) is 0 Å². The molecule has 0 spiro atoms. The van der Waals surface area contributed by atoms with Crippen molar-refractivity contribution in [1.29, 1.82) is 0 Å². The first-order valence-electron chi connectivity index (χ1n) is 8.86. The first kappa shape index (κ1) is 17.0. The molecular formula is C23H22O2S. The molecule has 1 aliphatic rings. The van der Waals surface area contributed by atoms with E-state index in [-0.39, 0.29) is 11.8 Å². The normalized spacial score (nSPS) is 22.2. The highest BCUT2D eigenvalue weighted by atomic mass is 32.2. The maximum Gasteiger partial charge on any atom is 0.155 e. The third-order valence-electron chi connectivity index (χ3n) is 5.37. The molecule has 0 aliphatic heterocycles. The maximum absolute atomic E-state index is 12.9. The Kier molecular flexibility index (Phi) is 4.20. The summed E-state index contributed by atoms with van der Waals surface area (Å²) in [4.78, 5) is 0. The molecule has 4 rings (SSSR count). The van der Waals surface area contributed by atoms with Crippen LogP contribution in [0.3, 0.4) is 0 Å². The average molecular weight is 362 g/mol. The highest BCUT2D eigenvalue weighted by Crippen LogP contribution is 2.56. The van der Waals surface area contributed by atoms with E-state index in [0.717, 1.165) is 27.8 Å². The van der Waals surface area contributed by atoms with E-state index in [0.29, 0.717) is 0 Å². The van der Waals surface area contributed by atoms with E-state index in [9.17, 15) is 8.42 Å². The zero-order valence-corrected chi connectivity index (χ0v) is 15.8. The van der Waals surface area contributed by atoms with Crippen LogP contribution in [0.5, 0.6) is 0 Å². The lowest BCUT2D eigenvalue weighted by Gasteiger charge is -2.25. The van der Waals surface area contributed by atoms with Crippen LogP contribution >= 0.6 is 0 Å². The van der Waals surface area contributed by atoms with E-state index in [4.69, 9.17) is 0 Å². The molecule has 3 aromatic carbocycles. The predicted molar refractivity (Wildman–Crippen MR) is 106 cm³/mol. The van der Waals surface area contributed by atoms with Gasteiger partial charge in [-0.25, -0.2) is 8.42 Å². The van der Waals surface area contributed by atoms with Gasteiger partial charge >= 0.3 is 0 Å². The van der Waals surface area contributed by atoms with Crippen molar-refractivity contribution in [3.63, 3.8) is 0 Å². The Labute approximate surface area is 155 Å². The Bertz CT molecular complexity index is 1020. The summed E-state index contributed by atoms with van der Waals surface area (Å²) in [5.41, 5.74) is 5.42. The summed E-state index contributed by atoms with van der Waals surface area (Å²) in [6.45, 7) is 2.02. The molecular weight excluding hydrogens is 340 g/mol. The van der Waals surface area contributed by atoms with Gasteiger partial charge in [-0.3, -0.25) is 0 Å². The molecule has 3 atom stereocenters. The molecule has 0 bridgehead atoms.